The highest BCUT2D eigenvalue weighted by Crippen LogP contribution is 2.20. The van der Waals surface area contributed by atoms with Gasteiger partial charge in [0.05, 0.1) is 36.4 Å². The summed E-state index contributed by atoms with van der Waals surface area (Å²) in [6, 6.07) is 4.71. The molecule has 1 heterocycles. The molecule has 0 fully saturated rings. The molecule has 0 unspecified atom stereocenters. The molecule has 2 aromatic rings. The standard InChI is InChI=1S/C11H13N3O3S/c15-14(16)10-2-1-9-8-12-13(11(9)7-10)3-4-17-5-6-18/h1-2,7-8,18H,3-6H2. The van der Waals surface area contributed by atoms with Crippen LogP contribution in [0, 0.1) is 10.1 Å². The van der Waals surface area contributed by atoms with Crippen LogP contribution < -0.4 is 0 Å². The van der Waals surface area contributed by atoms with Crippen LogP contribution in [0.5, 0.6) is 0 Å². The lowest BCUT2D eigenvalue weighted by Crippen LogP contribution is -2.08. The Hall–Kier alpha value is -1.60. The smallest absolute Gasteiger partial charge is 0.271 e. The second-order valence-electron chi connectivity index (χ2n) is 3.70. The van der Waals surface area contributed by atoms with Gasteiger partial charge in [-0.15, -0.1) is 0 Å². The summed E-state index contributed by atoms with van der Waals surface area (Å²) in [6.07, 6.45) is 1.69. The second kappa shape index (κ2) is 5.83. The molecule has 2 rings (SSSR count). The highest BCUT2D eigenvalue weighted by molar-refractivity contribution is 7.80. The highest BCUT2D eigenvalue weighted by Gasteiger charge is 2.09. The number of ether oxygens (including phenoxy) is 1. The molecule has 7 heteroatoms. The lowest BCUT2D eigenvalue weighted by molar-refractivity contribution is -0.384. The van der Waals surface area contributed by atoms with Crippen molar-refractivity contribution >= 4 is 29.2 Å². The maximum absolute atomic E-state index is 10.7. The van der Waals surface area contributed by atoms with Crippen LogP contribution in [0.1, 0.15) is 0 Å². The zero-order chi connectivity index (χ0) is 13.0. The molecule has 18 heavy (non-hydrogen) atoms. The van der Waals surface area contributed by atoms with Gasteiger partial charge >= 0.3 is 0 Å². The van der Waals surface area contributed by atoms with Crippen molar-refractivity contribution in [2.45, 2.75) is 6.54 Å². The van der Waals surface area contributed by atoms with Gasteiger partial charge < -0.3 is 4.74 Å². The maximum atomic E-state index is 10.7. The summed E-state index contributed by atoms with van der Waals surface area (Å²) >= 11 is 4.04. The van der Waals surface area contributed by atoms with E-state index in [2.05, 4.69) is 17.7 Å². The van der Waals surface area contributed by atoms with Crippen molar-refractivity contribution in [3.63, 3.8) is 0 Å². The van der Waals surface area contributed by atoms with E-state index in [-0.39, 0.29) is 5.69 Å². The first-order chi connectivity index (χ1) is 8.72. The van der Waals surface area contributed by atoms with Crippen molar-refractivity contribution in [1.29, 1.82) is 0 Å². The minimum atomic E-state index is -0.409. The third-order valence-electron chi connectivity index (χ3n) is 2.52. The molecule has 0 aliphatic carbocycles. The highest BCUT2D eigenvalue weighted by atomic mass is 32.1. The first-order valence-corrected chi connectivity index (χ1v) is 6.14. The summed E-state index contributed by atoms with van der Waals surface area (Å²) in [6.45, 7) is 1.67. The van der Waals surface area contributed by atoms with Crippen LogP contribution in [0.15, 0.2) is 24.4 Å². The largest absolute Gasteiger partial charge is 0.379 e. The number of fused-ring (bicyclic) bond motifs is 1. The van der Waals surface area contributed by atoms with Gasteiger partial charge in [-0.1, -0.05) is 0 Å². The molecule has 6 nitrogen and oxygen atoms in total. The molecule has 1 aromatic heterocycles. The summed E-state index contributed by atoms with van der Waals surface area (Å²) in [5.41, 5.74) is 0.819. The molecule has 0 N–H and O–H groups in total. The van der Waals surface area contributed by atoms with Gasteiger partial charge in [0, 0.05) is 23.3 Å². The lowest BCUT2D eigenvalue weighted by Gasteiger charge is -2.04. The molecular weight excluding hydrogens is 254 g/mol. The van der Waals surface area contributed by atoms with E-state index >= 15 is 0 Å². The van der Waals surface area contributed by atoms with Crippen LogP contribution in [-0.4, -0.2) is 33.7 Å². The maximum Gasteiger partial charge on any atom is 0.271 e. The van der Waals surface area contributed by atoms with Gasteiger partial charge in [-0.2, -0.15) is 17.7 Å². The van der Waals surface area contributed by atoms with Gasteiger partial charge in [0.25, 0.3) is 5.69 Å². The monoisotopic (exact) mass is 267 g/mol. The van der Waals surface area contributed by atoms with E-state index in [1.165, 1.54) is 12.1 Å². The first kappa shape index (κ1) is 12.8. The number of nitro benzene ring substituents is 1. The Labute approximate surface area is 109 Å². The third kappa shape index (κ3) is 2.80. The van der Waals surface area contributed by atoms with Crippen LogP contribution in [0.4, 0.5) is 5.69 Å². The number of nitro groups is 1. The molecule has 0 radical (unpaired) electrons. The van der Waals surface area contributed by atoms with Gasteiger partial charge in [0.1, 0.15) is 0 Å². The Morgan fingerprint density at radius 3 is 3.00 bits per heavy atom. The summed E-state index contributed by atoms with van der Waals surface area (Å²) in [5, 5.41) is 15.8. The number of aromatic nitrogens is 2. The summed E-state index contributed by atoms with van der Waals surface area (Å²) in [7, 11) is 0. The van der Waals surface area contributed by atoms with E-state index in [4.69, 9.17) is 4.74 Å². The zero-order valence-corrected chi connectivity index (χ0v) is 10.5. The van der Waals surface area contributed by atoms with Crippen LogP contribution in [0.25, 0.3) is 10.9 Å². The van der Waals surface area contributed by atoms with E-state index in [0.717, 1.165) is 10.9 Å². The number of non-ortho nitro benzene ring substituents is 1. The van der Waals surface area contributed by atoms with Gasteiger partial charge in [-0.25, -0.2) is 0 Å². The molecule has 96 valence electrons. The fourth-order valence-corrected chi connectivity index (χ4v) is 1.80. The summed E-state index contributed by atoms with van der Waals surface area (Å²) < 4.78 is 7.02. The molecule has 0 spiro atoms. The molecule has 1 aromatic carbocycles. The normalized spacial score (nSPS) is 10.9. The average molecular weight is 267 g/mol. The van der Waals surface area contributed by atoms with Crippen molar-refractivity contribution < 1.29 is 9.66 Å². The molecule has 0 atom stereocenters. The minimum absolute atomic E-state index is 0.0699. The summed E-state index contributed by atoms with van der Waals surface area (Å²) in [5.74, 6) is 0.672. The molecular formula is C11H13N3O3S. The Morgan fingerprint density at radius 2 is 2.28 bits per heavy atom. The number of benzene rings is 1. The zero-order valence-electron chi connectivity index (χ0n) is 9.65. The van der Waals surface area contributed by atoms with Gasteiger partial charge in [-0.05, 0) is 6.07 Å². The Balaban J connectivity index is 2.17. The number of hydrogen-bond donors (Lipinski definition) is 1. The van der Waals surface area contributed by atoms with Crippen molar-refractivity contribution in [2.75, 3.05) is 19.0 Å². The lowest BCUT2D eigenvalue weighted by atomic mass is 10.2. The number of rotatable bonds is 6. The Morgan fingerprint density at radius 1 is 1.44 bits per heavy atom. The number of nitrogens with zero attached hydrogens (tertiary/aromatic N) is 3. The predicted octanol–water partition coefficient (Wildman–Crippen LogP) is 1.89. The van der Waals surface area contributed by atoms with Gasteiger partial charge in [-0.3, -0.25) is 14.8 Å². The third-order valence-corrected chi connectivity index (χ3v) is 2.70. The van der Waals surface area contributed by atoms with Crippen molar-refractivity contribution in [2.24, 2.45) is 0 Å². The molecule has 0 aliphatic heterocycles. The molecule has 0 saturated heterocycles. The van der Waals surface area contributed by atoms with Crippen LogP contribution >= 0.6 is 12.6 Å². The van der Waals surface area contributed by atoms with Gasteiger partial charge in [0.2, 0.25) is 0 Å². The first-order valence-electron chi connectivity index (χ1n) is 5.51. The Kier molecular flexibility index (Phi) is 4.16. The molecule has 0 saturated carbocycles. The molecule has 0 aliphatic rings. The van der Waals surface area contributed by atoms with Crippen LogP contribution in [-0.2, 0) is 11.3 Å². The van der Waals surface area contributed by atoms with Crippen LogP contribution in [0.3, 0.4) is 0 Å². The van der Waals surface area contributed by atoms with Crippen molar-refractivity contribution in [3.05, 3.63) is 34.5 Å². The second-order valence-corrected chi connectivity index (χ2v) is 4.15. The Bertz CT molecular complexity index is 555. The topological polar surface area (TPSA) is 70.2 Å². The fraction of sp³-hybridized carbons (Fsp3) is 0.364. The summed E-state index contributed by atoms with van der Waals surface area (Å²) in [4.78, 5) is 10.3. The SMILES string of the molecule is O=[N+]([O-])c1ccc2cnn(CCOCCS)c2c1. The van der Waals surface area contributed by atoms with Crippen LogP contribution in [0.2, 0.25) is 0 Å². The molecule has 0 amide bonds. The van der Waals surface area contributed by atoms with E-state index in [9.17, 15) is 10.1 Å². The van der Waals surface area contributed by atoms with Gasteiger partial charge in [0.15, 0.2) is 0 Å². The minimum Gasteiger partial charge on any atom is -0.379 e. The van der Waals surface area contributed by atoms with E-state index in [0.29, 0.717) is 25.5 Å². The predicted molar refractivity (Wildman–Crippen MR) is 71.1 cm³/mol. The van der Waals surface area contributed by atoms with E-state index < -0.39 is 4.92 Å². The number of hydrogen-bond acceptors (Lipinski definition) is 5. The number of thiol groups is 1. The molecule has 0 bridgehead atoms. The van der Waals surface area contributed by atoms with E-state index in [1.54, 1.807) is 16.9 Å². The van der Waals surface area contributed by atoms with E-state index in [1.807, 2.05) is 0 Å². The van der Waals surface area contributed by atoms with Crippen molar-refractivity contribution in [3.8, 4) is 0 Å². The quantitative estimate of drug-likeness (QED) is 0.375. The fourth-order valence-electron chi connectivity index (χ4n) is 1.67. The van der Waals surface area contributed by atoms with Crippen molar-refractivity contribution in [1.82, 2.24) is 9.78 Å². The average Bonchev–Trinajstić information content (AvgIpc) is 2.77.